The number of hydrogen-bond acceptors (Lipinski definition) is 0. The molecule has 1 heterocycles. The van der Waals surface area contributed by atoms with Gasteiger partial charge in [-0.1, -0.05) is 0 Å². The Labute approximate surface area is 62.1 Å². The van der Waals surface area contributed by atoms with Gasteiger partial charge in [0.05, 0.1) is 13.1 Å². The van der Waals surface area contributed by atoms with E-state index in [-0.39, 0.29) is 0 Å². The molecule has 0 bridgehead atoms. The highest BCUT2D eigenvalue weighted by Gasteiger charge is 2.07. The Hall–Kier alpha value is -0.790. The molecule has 0 amide bonds. The molecule has 0 aromatic carbocycles. The molecular formula is C8H15N2+. The van der Waals surface area contributed by atoms with Crippen LogP contribution in [-0.2, 0) is 7.05 Å². The minimum absolute atomic E-state index is 0.569. The van der Waals surface area contributed by atoms with E-state index in [9.17, 15) is 0 Å². The topological polar surface area (TPSA) is 8.81 Å². The smallest absolute Gasteiger partial charge is 0.237 e. The van der Waals surface area contributed by atoms with Crippen LogP contribution in [0.2, 0.25) is 0 Å². The maximum atomic E-state index is 2.20. The molecule has 0 radical (unpaired) electrons. The van der Waals surface area contributed by atoms with Crippen molar-refractivity contribution < 1.29 is 4.57 Å². The Morgan fingerprint density at radius 2 is 2.10 bits per heavy atom. The number of rotatable bonds is 1. The summed E-state index contributed by atoms with van der Waals surface area (Å²) in [5.41, 5.74) is 1.30. The first-order valence-electron chi connectivity index (χ1n) is 3.65. The van der Waals surface area contributed by atoms with E-state index in [0.717, 1.165) is 0 Å². The lowest BCUT2D eigenvalue weighted by atomic mass is 10.4. The molecule has 2 nitrogen and oxygen atoms in total. The Bertz CT molecular complexity index is 204. The van der Waals surface area contributed by atoms with Gasteiger partial charge in [-0.15, -0.1) is 0 Å². The van der Waals surface area contributed by atoms with E-state index in [0.29, 0.717) is 6.04 Å². The summed E-state index contributed by atoms with van der Waals surface area (Å²) in [6, 6.07) is 0.569. The molecule has 0 saturated carbocycles. The van der Waals surface area contributed by atoms with Crippen molar-refractivity contribution in [2.24, 2.45) is 7.05 Å². The van der Waals surface area contributed by atoms with Gasteiger partial charge in [-0.25, -0.2) is 9.13 Å². The van der Waals surface area contributed by atoms with E-state index >= 15 is 0 Å². The van der Waals surface area contributed by atoms with E-state index in [2.05, 4.69) is 49.5 Å². The molecular weight excluding hydrogens is 124 g/mol. The molecule has 0 unspecified atom stereocenters. The van der Waals surface area contributed by atoms with Gasteiger partial charge in [0.25, 0.3) is 0 Å². The number of aromatic nitrogens is 2. The number of aryl methyl sites for hydroxylation is 2. The van der Waals surface area contributed by atoms with Gasteiger partial charge in [0, 0.05) is 6.92 Å². The summed E-state index contributed by atoms with van der Waals surface area (Å²) in [7, 11) is 2.06. The Morgan fingerprint density at radius 1 is 1.50 bits per heavy atom. The standard InChI is InChI=1S/C8H15N2/c1-7(2)10-5-8(3)9(4)6-10/h5-7H,1-4H3/q+1. The highest BCUT2D eigenvalue weighted by Crippen LogP contribution is 1.95. The summed E-state index contributed by atoms with van der Waals surface area (Å²) in [6.07, 6.45) is 4.27. The third kappa shape index (κ3) is 1.20. The van der Waals surface area contributed by atoms with Crippen molar-refractivity contribution in [1.29, 1.82) is 0 Å². The molecule has 0 aliphatic carbocycles. The first kappa shape index (κ1) is 7.32. The van der Waals surface area contributed by atoms with Crippen LogP contribution in [0.4, 0.5) is 0 Å². The van der Waals surface area contributed by atoms with Crippen molar-refractivity contribution in [2.75, 3.05) is 0 Å². The monoisotopic (exact) mass is 139 g/mol. The molecule has 1 rings (SSSR count). The van der Waals surface area contributed by atoms with Crippen LogP contribution in [0.15, 0.2) is 12.5 Å². The van der Waals surface area contributed by atoms with Crippen LogP contribution in [-0.4, -0.2) is 4.57 Å². The van der Waals surface area contributed by atoms with Crippen molar-refractivity contribution in [2.45, 2.75) is 26.8 Å². The SMILES string of the molecule is Cc1c[n+](C(C)C)cn1C. The van der Waals surface area contributed by atoms with Crippen LogP contribution < -0.4 is 4.57 Å². The van der Waals surface area contributed by atoms with Crippen molar-refractivity contribution in [1.82, 2.24) is 4.57 Å². The van der Waals surface area contributed by atoms with Gasteiger partial charge >= 0.3 is 0 Å². The number of hydrogen-bond donors (Lipinski definition) is 0. The predicted octanol–water partition coefficient (Wildman–Crippen LogP) is 1.20. The summed E-state index contributed by atoms with van der Waals surface area (Å²) >= 11 is 0. The average molecular weight is 139 g/mol. The fraction of sp³-hybridized carbons (Fsp3) is 0.625. The second-order valence-electron chi connectivity index (χ2n) is 3.04. The van der Waals surface area contributed by atoms with Crippen LogP contribution in [0.1, 0.15) is 25.6 Å². The van der Waals surface area contributed by atoms with Gasteiger partial charge < -0.3 is 0 Å². The molecule has 0 aliphatic heterocycles. The predicted molar refractivity (Wildman–Crippen MR) is 40.7 cm³/mol. The first-order valence-corrected chi connectivity index (χ1v) is 3.65. The molecule has 1 aromatic heterocycles. The molecule has 0 saturated heterocycles. The van der Waals surface area contributed by atoms with E-state index in [1.807, 2.05) is 0 Å². The fourth-order valence-electron chi connectivity index (χ4n) is 0.914. The minimum Gasteiger partial charge on any atom is -0.237 e. The van der Waals surface area contributed by atoms with E-state index in [1.54, 1.807) is 0 Å². The summed E-state index contributed by atoms with van der Waals surface area (Å²) in [4.78, 5) is 0. The van der Waals surface area contributed by atoms with Gasteiger partial charge in [-0.05, 0) is 13.8 Å². The van der Waals surface area contributed by atoms with Crippen LogP contribution in [0.25, 0.3) is 0 Å². The molecule has 0 atom stereocenters. The van der Waals surface area contributed by atoms with Crippen molar-refractivity contribution >= 4 is 0 Å². The molecule has 1 aromatic rings. The molecule has 0 aliphatic rings. The fourth-order valence-corrected chi connectivity index (χ4v) is 0.914. The Balaban J connectivity index is 2.98. The normalized spacial score (nSPS) is 10.9. The summed E-state index contributed by atoms with van der Waals surface area (Å²) in [5.74, 6) is 0. The third-order valence-corrected chi connectivity index (χ3v) is 1.80. The zero-order chi connectivity index (χ0) is 7.72. The summed E-state index contributed by atoms with van der Waals surface area (Å²) in [6.45, 7) is 6.47. The highest BCUT2D eigenvalue weighted by molar-refractivity contribution is 4.87. The molecule has 2 heteroatoms. The highest BCUT2D eigenvalue weighted by atomic mass is 15.1. The second-order valence-corrected chi connectivity index (χ2v) is 3.04. The Kier molecular flexibility index (Phi) is 1.79. The van der Waals surface area contributed by atoms with Crippen LogP contribution >= 0.6 is 0 Å². The summed E-state index contributed by atoms with van der Waals surface area (Å²) < 4.78 is 4.33. The van der Waals surface area contributed by atoms with Gasteiger partial charge in [0.1, 0.15) is 11.9 Å². The summed E-state index contributed by atoms with van der Waals surface area (Å²) in [5, 5.41) is 0. The van der Waals surface area contributed by atoms with Crippen LogP contribution in [0.5, 0.6) is 0 Å². The lowest BCUT2D eigenvalue weighted by Gasteiger charge is -1.95. The lowest BCUT2D eigenvalue weighted by Crippen LogP contribution is -2.33. The molecule has 0 N–H and O–H groups in total. The zero-order valence-electron chi connectivity index (χ0n) is 7.13. The first-order chi connectivity index (χ1) is 4.61. The number of nitrogens with zero attached hydrogens (tertiary/aromatic N) is 2. The van der Waals surface area contributed by atoms with E-state index in [1.165, 1.54) is 5.69 Å². The average Bonchev–Trinajstić information content (AvgIpc) is 2.13. The number of imidazole rings is 1. The Morgan fingerprint density at radius 3 is 2.30 bits per heavy atom. The van der Waals surface area contributed by atoms with E-state index < -0.39 is 0 Å². The van der Waals surface area contributed by atoms with Gasteiger partial charge in [-0.3, -0.25) is 0 Å². The van der Waals surface area contributed by atoms with E-state index in [4.69, 9.17) is 0 Å². The van der Waals surface area contributed by atoms with Gasteiger partial charge in [0.15, 0.2) is 0 Å². The lowest BCUT2D eigenvalue weighted by molar-refractivity contribution is -0.715. The van der Waals surface area contributed by atoms with Crippen molar-refractivity contribution in [3.05, 3.63) is 18.2 Å². The third-order valence-electron chi connectivity index (χ3n) is 1.80. The van der Waals surface area contributed by atoms with Gasteiger partial charge in [0.2, 0.25) is 6.33 Å². The molecule has 56 valence electrons. The van der Waals surface area contributed by atoms with Crippen LogP contribution in [0, 0.1) is 6.92 Å². The van der Waals surface area contributed by atoms with Crippen molar-refractivity contribution in [3.8, 4) is 0 Å². The maximum absolute atomic E-state index is 2.20. The van der Waals surface area contributed by atoms with Gasteiger partial charge in [-0.2, -0.15) is 0 Å². The largest absolute Gasteiger partial charge is 0.243 e. The quantitative estimate of drug-likeness (QED) is 0.517. The maximum Gasteiger partial charge on any atom is 0.243 e. The minimum atomic E-state index is 0.569. The zero-order valence-corrected chi connectivity index (χ0v) is 7.13. The molecule has 0 spiro atoms. The van der Waals surface area contributed by atoms with Crippen molar-refractivity contribution in [3.63, 3.8) is 0 Å². The molecule has 10 heavy (non-hydrogen) atoms. The van der Waals surface area contributed by atoms with Crippen LogP contribution in [0.3, 0.4) is 0 Å². The molecule has 0 fully saturated rings. The second kappa shape index (κ2) is 2.45.